The topological polar surface area (TPSA) is 95.9 Å². The molecule has 1 atom stereocenters. The van der Waals surface area contributed by atoms with Crippen molar-refractivity contribution >= 4 is 18.0 Å². The summed E-state index contributed by atoms with van der Waals surface area (Å²) in [6, 6.07) is 16.3. The number of ether oxygens (including phenoxy) is 1. The predicted molar refractivity (Wildman–Crippen MR) is 124 cm³/mol. The number of alkyl carbamates (subject to hydrolysis) is 1. The van der Waals surface area contributed by atoms with E-state index >= 15 is 0 Å². The van der Waals surface area contributed by atoms with Crippen LogP contribution in [0.25, 0.3) is 11.1 Å². The fraction of sp³-hybridized carbons (Fsp3) is 0.423. The number of carboxylic acid groups (broad SMARTS) is 1. The van der Waals surface area contributed by atoms with Gasteiger partial charge in [-0.3, -0.25) is 9.59 Å². The molecule has 4 rings (SSSR count). The van der Waals surface area contributed by atoms with E-state index < -0.39 is 17.5 Å². The summed E-state index contributed by atoms with van der Waals surface area (Å²) in [5.74, 6) is -0.897. The molecular weight excluding hydrogens is 420 g/mol. The Bertz CT molecular complexity index is 1010. The van der Waals surface area contributed by atoms with Gasteiger partial charge < -0.3 is 20.1 Å². The van der Waals surface area contributed by atoms with Crippen molar-refractivity contribution in [1.29, 1.82) is 0 Å². The van der Waals surface area contributed by atoms with Crippen LogP contribution in [0.5, 0.6) is 0 Å². The van der Waals surface area contributed by atoms with E-state index in [4.69, 9.17) is 4.74 Å². The van der Waals surface area contributed by atoms with Crippen molar-refractivity contribution in [3.8, 4) is 11.1 Å². The van der Waals surface area contributed by atoms with Crippen LogP contribution in [0.4, 0.5) is 4.79 Å². The van der Waals surface area contributed by atoms with Crippen molar-refractivity contribution in [2.75, 3.05) is 26.2 Å². The van der Waals surface area contributed by atoms with Gasteiger partial charge in [0.2, 0.25) is 5.91 Å². The first-order valence-corrected chi connectivity index (χ1v) is 11.6. The standard InChI is InChI=1S/C26H30N2O5/c1-2-26(24(30)31)13-15-28(17-26)23(29)12-7-14-27-25(32)33-16-22-20-10-5-3-8-18(20)19-9-4-6-11-21(19)22/h3-6,8-11,22H,2,7,12-17H2,1H3,(H,27,32)(H,30,31). The molecule has 1 fully saturated rings. The van der Waals surface area contributed by atoms with Gasteiger partial charge in [0.1, 0.15) is 6.61 Å². The van der Waals surface area contributed by atoms with Gasteiger partial charge in [-0.15, -0.1) is 0 Å². The van der Waals surface area contributed by atoms with Crippen LogP contribution in [0.3, 0.4) is 0 Å². The summed E-state index contributed by atoms with van der Waals surface area (Å²) in [7, 11) is 0. The maximum absolute atomic E-state index is 12.4. The Balaban J connectivity index is 1.21. The highest BCUT2D eigenvalue weighted by atomic mass is 16.5. The van der Waals surface area contributed by atoms with Crippen LogP contribution >= 0.6 is 0 Å². The van der Waals surface area contributed by atoms with E-state index in [-0.39, 0.29) is 31.4 Å². The van der Waals surface area contributed by atoms with Crippen molar-refractivity contribution in [1.82, 2.24) is 10.2 Å². The van der Waals surface area contributed by atoms with Gasteiger partial charge in [0, 0.05) is 32.0 Å². The highest BCUT2D eigenvalue weighted by Gasteiger charge is 2.44. The molecule has 174 valence electrons. The van der Waals surface area contributed by atoms with Crippen LogP contribution in [-0.2, 0) is 14.3 Å². The number of amides is 2. The molecule has 0 radical (unpaired) electrons. The summed E-state index contributed by atoms with van der Waals surface area (Å²) in [6.07, 6.45) is 1.24. The lowest BCUT2D eigenvalue weighted by Crippen LogP contribution is -2.36. The molecule has 2 N–H and O–H groups in total. The Morgan fingerprint density at radius 2 is 1.73 bits per heavy atom. The second kappa shape index (κ2) is 9.65. The number of fused-ring (bicyclic) bond motifs is 3. The molecule has 1 saturated heterocycles. The second-order valence-electron chi connectivity index (χ2n) is 8.86. The Morgan fingerprint density at radius 3 is 2.30 bits per heavy atom. The molecule has 1 unspecified atom stereocenters. The van der Waals surface area contributed by atoms with E-state index in [2.05, 4.69) is 29.6 Å². The third-order valence-corrected chi connectivity index (χ3v) is 7.02. The summed E-state index contributed by atoms with van der Waals surface area (Å²) < 4.78 is 5.50. The molecule has 0 saturated carbocycles. The number of carboxylic acids is 1. The van der Waals surface area contributed by atoms with E-state index in [1.807, 2.05) is 31.2 Å². The third-order valence-electron chi connectivity index (χ3n) is 7.02. The number of likely N-dealkylation sites (tertiary alicyclic amines) is 1. The summed E-state index contributed by atoms with van der Waals surface area (Å²) in [5.41, 5.74) is 3.85. The highest BCUT2D eigenvalue weighted by molar-refractivity contribution is 5.81. The first-order chi connectivity index (χ1) is 15.9. The van der Waals surface area contributed by atoms with Gasteiger partial charge in [0.15, 0.2) is 0 Å². The molecule has 2 aromatic rings. The molecule has 7 nitrogen and oxygen atoms in total. The van der Waals surface area contributed by atoms with E-state index in [1.54, 1.807) is 4.90 Å². The lowest BCUT2D eigenvalue weighted by molar-refractivity contribution is -0.148. The first kappa shape index (κ1) is 22.8. The molecule has 2 aromatic carbocycles. The second-order valence-corrected chi connectivity index (χ2v) is 8.86. The molecule has 1 aliphatic carbocycles. The summed E-state index contributed by atoms with van der Waals surface area (Å²) in [4.78, 5) is 37.9. The van der Waals surface area contributed by atoms with Gasteiger partial charge in [0.05, 0.1) is 5.41 Å². The number of hydrogen-bond acceptors (Lipinski definition) is 4. The lowest BCUT2D eigenvalue weighted by Gasteiger charge is -2.23. The maximum atomic E-state index is 12.4. The SMILES string of the molecule is CCC1(C(=O)O)CCN(C(=O)CCCNC(=O)OCC2c3ccccc3-c3ccccc32)C1. The monoisotopic (exact) mass is 450 g/mol. The fourth-order valence-corrected chi connectivity index (χ4v) is 4.94. The molecule has 33 heavy (non-hydrogen) atoms. The zero-order valence-electron chi connectivity index (χ0n) is 18.9. The number of aliphatic carboxylic acids is 1. The minimum Gasteiger partial charge on any atom is -0.481 e. The normalized spacial score (nSPS) is 19.1. The number of hydrogen-bond donors (Lipinski definition) is 2. The summed E-state index contributed by atoms with van der Waals surface area (Å²) in [5, 5.41) is 12.2. The lowest BCUT2D eigenvalue weighted by atomic mass is 9.84. The van der Waals surface area contributed by atoms with E-state index in [1.165, 1.54) is 11.1 Å². The predicted octanol–water partition coefficient (Wildman–Crippen LogP) is 4.02. The van der Waals surface area contributed by atoms with Crippen LogP contribution in [0.1, 0.15) is 49.7 Å². The minimum atomic E-state index is -0.836. The quantitative estimate of drug-likeness (QED) is 0.592. The number of nitrogens with one attached hydrogen (secondary N) is 1. The maximum Gasteiger partial charge on any atom is 0.407 e. The summed E-state index contributed by atoms with van der Waals surface area (Å²) >= 11 is 0. The van der Waals surface area contributed by atoms with Gasteiger partial charge in [-0.1, -0.05) is 55.5 Å². The molecule has 0 bridgehead atoms. The minimum absolute atomic E-state index is 0.00737. The third kappa shape index (κ3) is 4.58. The van der Waals surface area contributed by atoms with Crippen molar-refractivity contribution in [2.24, 2.45) is 5.41 Å². The number of carbonyl (C=O) groups is 3. The van der Waals surface area contributed by atoms with Crippen LogP contribution in [-0.4, -0.2) is 54.2 Å². The number of carbonyl (C=O) groups excluding carboxylic acids is 2. The van der Waals surface area contributed by atoms with Crippen molar-refractivity contribution in [3.63, 3.8) is 0 Å². The van der Waals surface area contributed by atoms with Crippen molar-refractivity contribution in [3.05, 3.63) is 59.7 Å². The molecule has 0 spiro atoms. The van der Waals surface area contributed by atoms with Gasteiger partial charge >= 0.3 is 12.1 Å². The number of rotatable bonds is 8. The van der Waals surface area contributed by atoms with E-state index in [0.717, 1.165) is 11.1 Å². The molecule has 2 amide bonds. The Morgan fingerprint density at radius 1 is 1.09 bits per heavy atom. The van der Waals surface area contributed by atoms with Crippen LogP contribution in [0.15, 0.2) is 48.5 Å². The molecule has 7 heteroatoms. The first-order valence-electron chi connectivity index (χ1n) is 11.6. The largest absolute Gasteiger partial charge is 0.481 e. The van der Waals surface area contributed by atoms with Crippen LogP contribution in [0.2, 0.25) is 0 Å². The van der Waals surface area contributed by atoms with Crippen LogP contribution in [0, 0.1) is 5.41 Å². The van der Waals surface area contributed by atoms with Gasteiger partial charge in [0.25, 0.3) is 0 Å². The van der Waals surface area contributed by atoms with Gasteiger partial charge in [-0.2, -0.15) is 0 Å². The summed E-state index contributed by atoms with van der Waals surface area (Å²) in [6.45, 7) is 3.16. The van der Waals surface area contributed by atoms with E-state index in [9.17, 15) is 19.5 Å². The smallest absolute Gasteiger partial charge is 0.407 e. The van der Waals surface area contributed by atoms with Crippen molar-refractivity contribution < 1.29 is 24.2 Å². The Hall–Kier alpha value is -3.35. The van der Waals surface area contributed by atoms with Gasteiger partial charge in [-0.05, 0) is 41.5 Å². The van der Waals surface area contributed by atoms with E-state index in [0.29, 0.717) is 32.4 Å². The highest BCUT2D eigenvalue weighted by Crippen LogP contribution is 2.44. The van der Waals surface area contributed by atoms with Gasteiger partial charge in [-0.25, -0.2) is 4.79 Å². The zero-order valence-corrected chi connectivity index (χ0v) is 18.9. The fourth-order valence-electron chi connectivity index (χ4n) is 4.94. The molecule has 0 aromatic heterocycles. The molecular formula is C26H30N2O5. The molecule has 1 heterocycles. The number of benzene rings is 2. The molecule has 2 aliphatic rings. The zero-order chi connectivity index (χ0) is 23.4. The molecule has 1 aliphatic heterocycles. The Kier molecular flexibility index (Phi) is 6.67. The number of nitrogens with zero attached hydrogens (tertiary/aromatic N) is 1. The average Bonchev–Trinajstić information content (AvgIpc) is 3.41. The average molecular weight is 451 g/mol. The Labute approximate surface area is 193 Å². The van der Waals surface area contributed by atoms with Crippen molar-refractivity contribution in [2.45, 2.75) is 38.5 Å². The van der Waals surface area contributed by atoms with Crippen LogP contribution < -0.4 is 5.32 Å².